The van der Waals surface area contributed by atoms with E-state index < -0.39 is 184 Å². The van der Waals surface area contributed by atoms with Crippen LogP contribution in [0.3, 0.4) is 0 Å². The predicted octanol–water partition coefficient (Wildman–Crippen LogP) is -2.93. The van der Waals surface area contributed by atoms with Crippen LogP contribution in [0.1, 0.15) is 113 Å². The molecule has 0 radical (unpaired) electrons. The fraction of sp³-hybridized carbons (Fsp3) is 0.948. The molecule has 0 amide bonds. The van der Waals surface area contributed by atoms with E-state index in [1.165, 1.54) is 12.5 Å². The molecule has 0 bridgehead atoms. The minimum Gasteiger partial charge on any atom is -0.432 e. The lowest BCUT2D eigenvalue weighted by molar-refractivity contribution is -0.383. The Hall–Kier alpha value is -1.75. The maximum Gasteiger partial charge on any atom is 0.315 e. The Balaban J connectivity index is 0.830. The van der Waals surface area contributed by atoms with Crippen molar-refractivity contribution in [2.24, 2.45) is 50.2 Å². The lowest BCUT2D eigenvalue weighted by atomic mass is 9.33. The number of carbonyl (C=O) groups excluding carboxylic acids is 1. The molecule has 10 rings (SSSR count). The van der Waals surface area contributed by atoms with Crippen molar-refractivity contribution in [1.29, 1.82) is 0 Å². The number of allylic oxidation sites excluding steroid dienone is 2. The molecule has 26 nitrogen and oxygen atoms in total. The number of hydrogen-bond acceptors (Lipinski definition) is 26. The molecule has 5 saturated heterocycles. The molecule has 26 heteroatoms. The largest absolute Gasteiger partial charge is 0.432 e. The van der Waals surface area contributed by atoms with E-state index in [-0.39, 0.29) is 52.6 Å². The zero-order valence-corrected chi connectivity index (χ0v) is 49.0. The number of fused-ring (bicyclic) bond motifs is 7. The Morgan fingerprint density at radius 1 is 0.560 bits per heavy atom. The number of hydrogen-bond donors (Lipinski definition) is 15. The minimum atomic E-state index is -1.91. The van der Waals surface area contributed by atoms with Crippen molar-refractivity contribution in [3.05, 3.63) is 11.6 Å². The molecule has 0 unspecified atom stereocenters. The maximum atomic E-state index is 14.8. The second-order valence-electron chi connectivity index (χ2n) is 28.0. The summed E-state index contributed by atoms with van der Waals surface area (Å²) >= 11 is 0. The lowest BCUT2D eigenvalue weighted by Gasteiger charge is -2.71. The van der Waals surface area contributed by atoms with E-state index in [0.717, 1.165) is 12.8 Å². The van der Waals surface area contributed by atoms with Crippen LogP contribution in [0, 0.1) is 50.2 Å². The van der Waals surface area contributed by atoms with Crippen molar-refractivity contribution >= 4 is 5.97 Å². The summed E-state index contributed by atoms with van der Waals surface area (Å²) in [6.07, 6.45) is -28.8. The van der Waals surface area contributed by atoms with Crippen LogP contribution in [0.5, 0.6) is 0 Å². The third-order valence-electron chi connectivity index (χ3n) is 22.9. The summed E-state index contributed by atoms with van der Waals surface area (Å²) in [4.78, 5) is 14.8. The van der Waals surface area contributed by atoms with E-state index in [0.29, 0.717) is 51.4 Å². The van der Waals surface area contributed by atoms with Gasteiger partial charge in [0.05, 0.1) is 50.7 Å². The number of aliphatic hydroxyl groups excluding tert-OH is 15. The Morgan fingerprint density at radius 3 is 1.81 bits per heavy atom. The average molecular weight is 1210 g/mol. The van der Waals surface area contributed by atoms with Gasteiger partial charge in [0.1, 0.15) is 104 Å². The van der Waals surface area contributed by atoms with Crippen LogP contribution in [-0.2, 0) is 52.2 Å². The summed E-state index contributed by atoms with van der Waals surface area (Å²) in [6.45, 7) is 12.4. The fourth-order valence-electron chi connectivity index (χ4n) is 17.4. The number of esters is 1. The van der Waals surface area contributed by atoms with Gasteiger partial charge in [-0.15, -0.1) is 0 Å². The third-order valence-corrected chi connectivity index (χ3v) is 22.9. The summed E-state index contributed by atoms with van der Waals surface area (Å²) in [5.41, 5.74) is -1.71. The summed E-state index contributed by atoms with van der Waals surface area (Å²) in [6, 6.07) is 0. The molecule has 482 valence electrons. The van der Waals surface area contributed by atoms with Gasteiger partial charge in [0.25, 0.3) is 0 Å². The number of rotatable bonds is 13. The second kappa shape index (κ2) is 24.1. The molecular weight excluding hydrogens is 1110 g/mol. The number of ether oxygens (including phenoxy) is 10. The minimum absolute atomic E-state index is 0.0946. The van der Waals surface area contributed by atoms with E-state index >= 15 is 0 Å². The van der Waals surface area contributed by atoms with Gasteiger partial charge in [0.2, 0.25) is 6.29 Å². The van der Waals surface area contributed by atoms with Gasteiger partial charge in [0.15, 0.2) is 25.2 Å². The molecule has 84 heavy (non-hydrogen) atoms. The van der Waals surface area contributed by atoms with Gasteiger partial charge in [0, 0.05) is 5.41 Å². The molecular formula is C58H94O26. The third kappa shape index (κ3) is 10.8. The van der Waals surface area contributed by atoms with Gasteiger partial charge in [-0.1, -0.05) is 53.2 Å². The summed E-state index contributed by atoms with van der Waals surface area (Å²) < 4.78 is 59.4. The SMILES string of the molecule is C[C@@H]1O[C@@H](O[C@H]2[C@H](O[C@H]3CC[C@@]4(C)[C@@H](CC[C@]5(C)[C@@H]4CC=C4[C@@H]6CC(C)(C)CC[C@]6(C(=O)O[C@@H]6O[C@H](CO)[C@@H](O)[C@H](O)[C@H]6O)CC[C@]45C)[C@]3(C)CO)OC[C@H](O)[C@@H]2O)[C@H](O)[C@H](O[C@@H]2OC[C@@H](O[C@@H]3O[C@H](CO)[C@@H](O)[C@H](O)[C@H]3O)[C@@H](O)[C@H]2O)[C@H]1O. The average Bonchev–Trinajstić information content (AvgIpc) is 0.688. The maximum absolute atomic E-state index is 14.8. The smallest absolute Gasteiger partial charge is 0.315 e. The van der Waals surface area contributed by atoms with E-state index in [1.54, 1.807) is 0 Å². The van der Waals surface area contributed by atoms with Crippen molar-refractivity contribution in [3.8, 4) is 0 Å². The quantitative estimate of drug-likeness (QED) is 0.0499. The highest BCUT2D eigenvalue weighted by Gasteiger charge is 2.71. The highest BCUT2D eigenvalue weighted by Crippen LogP contribution is 2.76. The molecule has 4 saturated carbocycles. The normalized spacial score (nSPS) is 54.9. The summed E-state index contributed by atoms with van der Waals surface area (Å²) in [5, 5.41) is 162. The molecule has 5 aliphatic heterocycles. The van der Waals surface area contributed by atoms with E-state index in [2.05, 4.69) is 40.7 Å². The molecule has 0 spiro atoms. The van der Waals surface area contributed by atoms with Crippen molar-refractivity contribution in [3.63, 3.8) is 0 Å². The van der Waals surface area contributed by atoms with Crippen molar-refractivity contribution < 1.29 is 129 Å². The van der Waals surface area contributed by atoms with Crippen LogP contribution in [0.15, 0.2) is 11.6 Å². The zero-order chi connectivity index (χ0) is 61.1. The molecule has 10 aliphatic rings. The molecule has 9 fully saturated rings. The summed E-state index contributed by atoms with van der Waals surface area (Å²) in [7, 11) is 0. The Bertz CT molecular complexity index is 2330. The van der Waals surface area contributed by atoms with Crippen LogP contribution in [0.25, 0.3) is 0 Å². The van der Waals surface area contributed by atoms with Crippen molar-refractivity contribution in [2.45, 2.75) is 260 Å². The Morgan fingerprint density at radius 2 is 1.15 bits per heavy atom. The zero-order valence-electron chi connectivity index (χ0n) is 49.0. The standard InChI is InChI=1S/C58H94O26/c1-24-34(63)45(82-47-41(70)38(67)30(22-76-47)80-48-42(71)39(68)36(65)28(19-59)78-48)44(73)50(77-24)83-46-35(64)27(62)21-75-51(46)81-33-11-12-54(4)31(55(33,5)23-61)10-13-57(7)32(54)9-8-25-26-18-53(2,3)14-16-58(26,17-15-56(25,57)6)52(74)84-49-43(72)40(69)37(66)29(20-60)79-49/h8,24,26-51,59-73H,9-23H2,1-7H3/t24-,26-,27-,28+,29+,30+,31+,32+,33-,34-,35-,36+,37+,38+,39-,40-,41+,42+,43+,44+,45+,46+,47-,48-,49-,50-,51-,54-,55-,56+,57+,58-/m0/s1. The highest BCUT2D eigenvalue weighted by atomic mass is 16.8. The molecule has 0 aromatic rings. The molecule has 5 aliphatic carbocycles. The van der Waals surface area contributed by atoms with Crippen molar-refractivity contribution in [1.82, 2.24) is 0 Å². The van der Waals surface area contributed by atoms with Gasteiger partial charge in [-0.25, -0.2) is 0 Å². The molecule has 32 atom stereocenters. The Kier molecular flexibility index (Phi) is 18.7. The first-order valence-corrected chi connectivity index (χ1v) is 30.2. The fourth-order valence-corrected chi connectivity index (χ4v) is 17.4. The first-order valence-electron chi connectivity index (χ1n) is 30.2. The molecule has 0 aromatic carbocycles. The molecule has 0 aromatic heterocycles. The first-order chi connectivity index (χ1) is 39.4. The first kappa shape index (κ1) is 65.2. The second-order valence-corrected chi connectivity index (χ2v) is 28.0. The van der Waals surface area contributed by atoms with Gasteiger partial charge in [-0.05, 0) is 111 Å². The monoisotopic (exact) mass is 1210 g/mol. The number of aliphatic hydroxyl groups is 15. The highest BCUT2D eigenvalue weighted by molar-refractivity contribution is 5.79. The van der Waals surface area contributed by atoms with Crippen LogP contribution < -0.4 is 0 Å². The van der Waals surface area contributed by atoms with Crippen LogP contribution in [-0.4, -0.2) is 263 Å². The van der Waals surface area contributed by atoms with Crippen LogP contribution in [0.4, 0.5) is 0 Å². The van der Waals surface area contributed by atoms with E-state index in [4.69, 9.17) is 47.4 Å². The predicted molar refractivity (Wildman–Crippen MR) is 283 cm³/mol. The summed E-state index contributed by atoms with van der Waals surface area (Å²) in [5.74, 6) is -0.710. The molecule has 5 heterocycles. The van der Waals surface area contributed by atoms with Gasteiger partial charge < -0.3 is 124 Å². The lowest BCUT2D eigenvalue weighted by Crippen LogP contribution is -2.67. The van der Waals surface area contributed by atoms with Gasteiger partial charge in [-0.2, -0.15) is 0 Å². The molecule has 15 N–H and O–H groups in total. The van der Waals surface area contributed by atoms with Crippen LogP contribution in [0.2, 0.25) is 0 Å². The van der Waals surface area contributed by atoms with E-state index in [9.17, 15) is 81.4 Å². The Labute approximate surface area is 488 Å². The van der Waals surface area contributed by atoms with Crippen LogP contribution >= 0.6 is 0 Å². The van der Waals surface area contributed by atoms with Gasteiger partial charge >= 0.3 is 5.97 Å². The number of carbonyl (C=O) groups is 1. The van der Waals surface area contributed by atoms with Gasteiger partial charge in [-0.3, -0.25) is 4.79 Å². The van der Waals surface area contributed by atoms with E-state index in [1.807, 2.05) is 6.92 Å². The topological polar surface area (TPSA) is 413 Å². The van der Waals surface area contributed by atoms with Crippen molar-refractivity contribution in [2.75, 3.05) is 33.0 Å².